The standard InChI is InChI=1S/C32H29NO5/c34-31(37-20-24-13-5-2-6-14-24)30(22-36-19-23-11-3-1-4-12-23)33-32(35)38-21-29-27-17-9-7-15-25(27)26-16-8-10-18-28(26)29/h1-18,29-30H,19-22H2,(H,33,35)/t30-/m0/s1. The number of carbonyl (C=O) groups is 2. The highest BCUT2D eigenvalue weighted by molar-refractivity contribution is 5.82. The van der Waals surface area contributed by atoms with Gasteiger partial charge in [0.05, 0.1) is 13.2 Å². The van der Waals surface area contributed by atoms with Crippen molar-refractivity contribution >= 4 is 12.1 Å². The third-order valence-electron chi connectivity index (χ3n) is 6.54. The first-order valence-electron chi connectivity index (χ1n) is 12.6. The van der Waals surface area contributed by atoms with Crippen LogP contribution in [-0.2, 0) is 32.2 Å². The average molecular weight is 508 g/mol. The molecular formula is C32H29NO5. The van der Waals surface area contributed by atoms with Gasteiger partial charge in [0.25, 0.3) is 0 Å². The van der Waals surface area contributed by atoms with E-state index >= 15 is 0 Å². The Labute approximate surface area is 222 Å². The zero-order chi connectivity index (χ0) is 26.2. The Kier molecular flexibility index (Phi) is 8.11. The SMILES string of the molecule is O=C(N[C@@H](COCc1ccccc1)C(=O)OCc1ccccc1)OCC1c2ccccc2-c2ccccc21. The van der Waals surface area contributed by atoms with E-state index in [0.29, 0.717) is 6.61 Å². The van der Waals surface area contributed by atoms with Gasteiger partial charge in [-0.15, -0.1) is 0 Å². The maximum Gasteiger partial charge on any atom is 0.407 e. The molecule has 0 aliphatic heterocycles. The van der Waals surface area contributed by atoms with E-state index in [2.05, 4.69) is 29.6 Å². The van der Waals surface area contributed by atoms with Crippen molar-refractivity contribution in [3.8, 4) is 11.1 Å². The van der Waals surface area contributed by atoms with Gasteiger partial charge in [-0.2, -0.15) is 0 Å². The fourth-order valence-electron chi connectivity index (χ4n) is 4.65. The molecule has 1 N–H and O–H groups in total. The maximum absolute atomic E-state index is 12.9. The lowest BCUT2D eigenvalue weighted by Gasteiger charge is -2.19. The van der Waals surface area contributed by atoms with Crippen molar-refractivity contribution < 1.29 is 23.8 Å². The van der Waals surface area contributed by atoms with Crippen molar-refractivity contribution in [1.29, 1.82) is 0 Å². The number of hydrogen-bond acceptors (Lipinski definition) is 5. The molecule has 0 heterocycles. The Morgan fingerprint density at radius 3 is 1.79 bits per heavy atom. The number of fused-ring (bicyclic) bond motifs is 3. The van der Waals surface area contributed by atoms with Gasteiger partial charge >= 0.3 is 12.1 Å². The van der Waals surface area contributed by atoms with Crippen LogP contribution >= 0.6 is 0 Å². The van der Waals surface area contributed by atoms with E-state index in [1.807, 2.05) is 84.9 Å². The van der Waals surface area contributed by atoms with Crippen LogP contribution < -0.4 is 5.32 Å². The monoisotopic (exact) mass is 507 g/mol. The third kappa shape index (κ3) is 6.10. The van der Waals surface area contributed by atoms with Gasteiger partial charge in [0.1, 0.15) is 13.2 Å². The van der Waals surface area contributed by atoms with Gasteiger partial charge in [0.2, 0.25) is 0 Å². The molecule has 0 bridgehead atoms. The summed E-state index contributed by atoms with van der Waals surface area (Å²) < 4.78 is 16.9. The van der Waals surface area contributed by atoms with Gasteiger partial charge < -0.3 is 19.5 Å². The summed E-state index contributed by atoms with van der Waals surface area (Å²) in [6.45, 7) is 0.500. The molecule has 38 heavy (non-hydrogen) atoms. The highest BCUT2D eigenvalue weighted by Crippen LogP contribution is 2.44. The van der Waals surface area contributed by atoms with E-state index in [0.717, 1.165) is 33.4 Å². The van der Waals surface area contributed by atoms with Crippen LogP contribution in [0.2, 0.25) is 0 Å². The Balaban J connectivity index is 1.22. The van der Waals surface area contributed by atoms with Crippen molar-refractivity contribution in [2.75, 3.05) is 13.2 Å². The molecule has 6 nitrogen and oxygen atoms in total. The summed E-state index contributed by atoms with van der Waals surface area (Å²) in [6.07, 6.45) is -0.697. The Morgan fingerprint density at radius 2 is 1.18 bits per heavy atom. The Morgan fingerprint density at radius 1 is 0.658 bits per heavy atom. The lowest BCUT2D eigenvalue weighted by atomic mass is 9.98. The molecule has 0 aromatic heterocycles. The number of hydrogen-bond donors (Lipinski definition) is 1. The molecule has 192 valence electrons. The van der Waals surface area contributed by atoms with Gasteiger partial charge in [0, 0.05) is 5.92 Å². The van der Waals surface area contributed by atoms with Crippen LogP contribution in [0.3, 0.4) is 0 Å². The highest BCUT2D eigenvalue weighted by atomic mass is 16.6. The molecule has 0 spiro atoms. The normalized spacial score (nSPS) is 12.7. The van der Waals surface area contributed by atoms with Crippen molar-refractivity contribution in [1.82, 2.24) is 5.32 Å². The molecule has 1 aliphatic rings. The summed E-state index contributed by atoms with van der Waals surface area (Å²) in [5.74, 6) is -0.665. The largest absolute Gasteiger partial charge is 0.459 e. The van der Waals surface area contributed by atoms with Crippen molar-refractivity contribution in [2.24, 2.45) is 0 Å². The molecule has 0 unspecified atom stereocenters. The second kappa shape index (κ2) is 12.2. The first-order valence-corrected chi connectivity index (χ1v) is 12.6. The molecule has 0 radical (unpaired) electrons. The molecule has 0 fully saturated rings. The number of benzene rings is 4. The smallest absolute Gasteiger partial charge is 0.407 e. The fraction of sp³-hybridized carbons (Fsp3) is 0.188. The number of amides is 1. The van der Waals surface area contributed by atoms with Crippen LogP contribution in [0.25, 0.3) is 11.1 Å². The fourth-order valence-corrected chi connectivity index (χ4v) is 4.65. The van der Waals surface area contributed by atoms with Crippen molar-refractivity contribution in [3.05, 3.63) is 131 Å². The first-order chi connectivity index (χ1) is 18.7. The zero-order valence-corrected chi connectivity index (χ0v) is 20.9. The van der Waals surface area contributed by atoms with Gasteiger partial charge in [-0.05, 0) is 33.4 Å². The Bertz CT molecular complexity index is 1330. The Hall–Kier alpha value is -4.42. The second-order valence-electron chi connectivity index (χ2n) is 9.12. The number of carbonyl (C=O) groups excluding carboxylic acids is 2. The van der Waals surface area contributed by atoms with Crippen LogP contribution in [0.4, 0.5) is 4.79 Å². The van der Waals surface area contributed by atoms with E-state index in [9.17, 15) is 9.59 Å². The van der Waals surface area contributed by atoms with Gasteiger partial charge in [-0.1, -0.05) is 109 Å². The van der Waals surface area contributed by atoms with E-state index in [4.69, 9.17) is 14.2 Å². The van der Waals surface area contributed by atoms with E-state index in [-0.39, 0.29) is 25.7 Å². The molecule has 1 amide bonds. The zero-order valence-electron chi connectivity index (χ0n) is 20.9. The molecule has 5 rings (SSSR count). The number of esters is 1. The van der Waals surface area contributed by atoms with E-state index in [1.54, 1.807) is 0 Å². The van der Waals surface area contributed by atoms with Gasteiger partial charge in [-0.25, -0.2) is 9.59 Å². The molecule has 4 aromatic carbocycles. The van der Waals surface area contributed by atoms with E-state index < -0.39 is 18.1 Å². The summed E-state index contributed by atoms with van der Waals surface area (Å²) in [5.41, 5.74) is 6.34. The number of ether oxygens (including phenoxy) is 3. The second-order valence-corrected chi connectivity index (χ2v) is 9.12. The lowest BCUT2D eigenvalue weighted by Crippen LogP contribution is -2.45. The summed E-state index contributed by atoms with van der Waals surface area (Å²) in [5, 5.41) is 2.65. The summed E-state index contributed by atoms with van der Waals surface area (Å²) in [7, 11) is 0. The molecular weight excluding hydrogens is 478 g/mol. The van der Waals surface area contributed by atoms with Gasteiger partial charge in [0.15, 0.2) is 6.04 Å². The number of alkyl carbamates (subject to hydrolysis) is 1. The van der Waals surface area contributed by atoms with Crippen LogP contribution in [0.5, 0.6) is 0 Å². The molecule has 1 atom stereocenters. The van der Waals surface area contributed by atoms with Crippen molar-refractivity contribution in [3.63, 3.8) is 0 Å². The quantitative estimate of drug-likeness (QED) is 0.273. The first kappa shape index (κ1) is 25.2. The summed E-state index contributed by atoms with van der Waals surface area (Å²) in [6, 6.07) is 34.2. The van der Waals surface area contributed by atoms with Crippen LogP contribution in [-0.4, -0.2) is 31.3 Å². The van der Waals surface area contributed by atoms with E-state index in [1.165, 1.54) is 0 Å². The van der Waals surface area contributed by atoms with Crippen LogP contribution in [0.1, 0.15) is 28.2 Å². The minimum absolute atomic E-state index is 0.0489. The maximum atomic E-state index is 12.9. The molecule has 0 saturated heterocycles. The molecule has 1 aliphatic carbocycles. The number of nitrogens with one attached hydrogen (secondary N) is 1. The summed E-state index contributed by atoms with van der Waals surface area (Å²) >= 11 is 0. The van der Waals surface area contributed by atoms with Gasteiger partial charge in [-0.3, -0.25) is 0 Å². The summed E-state index contributed by atoms with van der Waals surface area (Å²) in [4.78, 5) is 25.8. The van der Waals surface area contributed by atoms with Crippen molar-refractivity contribution in [2.45, 2.75) is 25.2 Å². The molecule has 4 aromatic rings. The predicted octanol–water partition coefficient (Wildman–Crippen LogP) is 5.85. The number of rotatable bonds is 10. The van der Waals surface area contributed by atoms with Crippen LogP contribution in [0, 0.1) is 0 Å². The minimum atomic E-state index is -1.02. The minimum Gasteiger partial charge on any atom is -0.459 e. The van der Waals surface area contributed by atoms with Crippen LogP contribution in [0.15, 0.2) is 109 Å². The average Bonchev–Trinajstić information content (AvgIpc) is 3.29. The third-order valence-corrected chi connectivity index (χ3v) is 6.54. The molecule has 6 heteroatoms. The highest BCUT2D eigenvalue weighted by Gasteiger charge is 2.30. The lowest BCUT2D eigenvalue weighted by molar-refractivity contribution is -0.149. The predicted molar refractivity (Wildman–Crippen MR) is 144 cm³/mol. The topological polar surface area (TPSA) is 73.9 Å². The molecule has 0 saturated carbocycles.